The standard InChI is InChI=1S/C25H23N5O2/c1-16-12-17(2)30(29-16)20-8-3-7-19(13-20)25(31)28-15-21-14-18-6-4-9-22(23(18)32-21)24-26-10-5-11-27-24/h3-13,21H,14-15H2,1-2H3,(H,28,31). The Morgan fingerprint density at radius 3 is 2.69 bits per heavy atom. The van der Waals surface area contributed by atoms with Crippen LogP contribution in [0.5, 0.6) is 5.75 Å². The fourth-order valence-corrected chi connectivity index (χ4v) is 4.04. The van der Waals surface area contributed by atoms with Crippen LogP contribution in [0.25, 0.3) is 17.1 Å². The van der Waals surface area contributed by atoms with E-state index in [2.05, 4.69) is 20.4 Å². The number of aryl methyl sites for hydroxylation is 2. The summed E-state index contributed by atoms with van der Waals surface area (Å²) in [5, 5.41) is 7.51. The minimum Gasteiger partial charge on any atom is -0.487 e. The highest BCUT2D eigenvalue weighted by Gasteiger charge is 2.27. The molecule has 2 aromatic carbocycles. The predicted octanol–water partition coefficient (Wildman–Crippen LogP) is 3.68. The zero-order chi connectivity index (χ0) is 22.1. The Morgan fingerprint density at radius 1 is 1.09 bits per heavy atom. The second-order valence-electron chi connectivity index (χ2n) is 7.91. The van der Waals surface area contributed by atoms with Crippen LogP contribution in [-0.2, 0) is 6.42 Å². The van der Waals surface area contributed by atoms with Crippen molar-refractivity contribution >= 4 is 5.91 Å². The fraction of sp³-hybridized carbons (Fsp3) is 0.200. The van der Waals surface area contributed by atoms with Crippen LogP contribution in [0.3, 0.4) is 0 Å². The number of para-hydroxylation sites is 1. The quantitative estimate of drug-likeness (QED) is 0.528. The van der Waals surface area contributed by atoms with Crippen LogP contribution in [0.15, 0.2) is 67.0 Å². The molecule has 7 nitrogen and oxygen atoms in total. The lowest BCUT2D eigenvalue weighted by Gasteiger charge is -2.13. The zero-order valence-corrected chi connectivity index (χ0v) is 17.9. The number of aromatic nitrogens is 4. The summed E-state index contributed by atoms with van der Waals surface area (Å²) in [5.41, 5.74) is 5.38. The van der Waals surface area contributed by atoms with Crippen LogP contribution >= 0.6 is 0 Å². The summed E-state index contributed by atoms with van der Waals surface area (Å²) in [6.07, 6.45) is 4.02. The Balaban J connectivity index is 1.27. The molecule has 0 saturated carbocycles. The van der Waals surface area contributed by atoms with Crippen LogP contribution in [0.2, 0.25) is 0 Å². The third-order valence-electron chi connectivity index (χ3n) is 5.49. The van der Waals surface area contributed by atoms with Gasteiger partial charge in [0.2, 0.25) is 0 Å². The molecule has 2 aromatic heterocycles. The first-order chi connectivity index (χ1) is 15.6. The van der Waals surface area contributed by atoms with E-state index in [0.717, 1.165) is 40.4 Å². The number of carbonyl (C=O) groups excluding carboxylic acids is 1. The monoisotopic (exact) mass is 425 g/mol. The number of fused-ring (bicyclic) bond motifs is 1. The van der Waals surface area contributed by atoms with E-state index in [4.69, 9.17) is 4.74 Å². The van der Waals surface area contributed by atoms with E-state index in [1.54, 1.807) is 24.5 Å². The first-order valence-electron chi connectivity index (χ1n) is 10.6. The molecule has 1 amide bonds. The minimum atomic E-state index is -0.141. The van der Waals surface area contributed by atoms with Gasteiger partial charge in [-0.3, -0.25) is 4.79 Å². The van der Waals surface area contributed by atoms with E-state index in [9.17, 15) is 4.79 Å². The molecule has 0 bridgehead atoms. The van der Waals surface area contributed by atoms with Gasteiger partial charge in [0.15, 0.2) is 5.82 Å². The summed E-state index contributed by atoms with van der Waals surface area (Å²) < 4.78 is 8.02. The summed E-state index contributed by atoms with van der Waals surface area (Å²) in [5.74, 6) is 1.29. The van der Waals surface area contributed by atoms with Gasteiger partial charge < -0.3 is 10.1 Å². The average molecular weight is 425 g/mol. The molecule has 0 aliphatic carbocycles. The number of carbonyl (C=O) groups is 1. The highest BCUT2D eigenvalue weighted by Crippen LogP contribution is 2.37. The van der Waals surface area contributed by atoms with Crippen molar-refractivity contribution < 1.29 is 9.53 Å². The van der Waals surface area contributed by atoms with Crippen LogP contribution in [0.4, 0.5) is 0 Å². The van der Waals surface area contributed by atoms with Gasteiger partial charge in [0, 0.05) is 30.1 Å². The molecule has 0 radical (unpaired) electrons. The number of rotatable bonds is 5. The fourth-order valence-electron chi connectivity index (χ4n) is 4.04. The molecular weight excluding hydrogens is 402 g/mol. The summed E-state index contributed by atoms with van der Waals surface area (Å²) in [7, 11) is 0. The number of amides is 1. The summed E-state index contributed by atoms with van der Waals surface area (Å²) in [6, 6.07) is 17.3. The lowest BCUT2D eigenvalue weighted by Crippen LogP contribution is -2.34. The number of nitrogens with one attached hydrogen (secondary N) is 1. The van der Waals surface area contributed by atoms with Crippen LogP contribution in [0, 0.1) is 13.8 Å². The molecule has 32 heavy (non-hydrogen) atoms. The maximum Gasteiger partial charge on any atom is 0.251 e. The Hall–Kier alpha value is -4.00. The highest BCUT2D eigenvalue weighted by atomic mass is 16.5. The molecule has 5 rings (SSSR count). The van der Waals surface area contributed by atoms with Crippen molar-refractivity contribution in [3.63, 3.8) is 0 Å². The van der Waals surface area contributed by atoms with Gasteiger partial charge in [-0.1, -0.05) is 18.2 Å². The van der Waals surface area contributed by atoms with Gasteiger partial charge in [-0.05, 0) is 55.8 Å². The van der Waals surface area contributed by atoms with Crippen molar-refractivity contribution in [2.24, 2.45) is 0 Å². The first-order valence-corrected chi connectivity index (χ1v) is 10.6. The van der Waals surface area contributed by atoms with Crippen molar-refractivity contribution in [3.05, 3.63) is 89.5 Å². The number of ether oxygens (including phenoxy) is 1. The maximum atomic E-state index is 12.8. The summed E-state index contributed by atoms with van der Waals surface area (Å²) in [6.45, 7) is 4.36. The Labute approximate surface area is 186 Å². The molecule has 1 aliphatic heterocycles. The normalized spacial score (nSPS) is 14.6. The van der Waals surface area contributed by atoms with Crippen LogP contribution in [-0.4, -0.2) is 38.3 Å². The summed E-state index contributed by atoms with van der Waals surface area (Å²) in [4.78, 5) is 21.5. The number of nitrogens with zero attached hydrogens (tertiary/aromatic N) is 4. The van der Waals surface area contributed by atoms with Crippen LogP contribution < -0.4 is 10.1 Å². The number of benzene rings is 2. The zero-order valence-electron chi connectivity index (χ0n) is 17.9. The Bertz CT molecular complexity index is 1280. The molecular formula is C25H23N5O2. The van der Waals surface area contributed by atoms with Gasteiger partial charge in [0.05, 0.1) is 23.5 Å². The Kier molecular flexibility index (Phi) is 5.15. The summed E-state index contributed by atoms with van der Waals surface area (Å²) >= 11 is 0. The van der Waals surface area contributed by atoms with Crippen molar-refractivity contribution in [2.45, 2.75) is 26.4 Å². The van der Waals surface area contributed by atoms with E-state index in [0.29, 0.717) is 17.9 Å². The van der Waals surface area contributed by atoms with Gasteiger partial charge in [-0.2, -0.15) is 5.10 Å². The second kappa shape index (κ2) is 8.26. The van der Waals surface area contributed by atoms with Crippen molar-refractivity contribution in [1.82, 2.24) is 25.1 Å². The molecule has 1 aliphatic rings. The second-order valence-corrected chi connectivity index (χ2v) is 7.91. The molecule has 4 aromatic rings. The Morgan fingerprint density at radius 2 is 1.91 bits per heavy atom. The van der Waals surface area contributed by atoms with Gasteiger partial charge in [-0.15, -0.1) is 0 Å². The van der Waals surface area contributed by atoms with Gasteiger partial charge >= 0.3 is 0 Å². The first kappa shape index (κ1) is 19.9. The smallest absolute Gasteiger partial charge is 0.251 e. The third kappa shape index (κ3) is 3.85. The van der Waals surface area contributed by atoms with E-state index < -0.39 is 0 Å². The van der Waals surface area contributed by atoms with E-state index in [-0.39, 0.29) is 12.0 Å². The molecule has 3 heterocycles. The topological polar surface area (TPSA) is 81.9 Å². The van der Waals surface area contributed by atoms with E-state index >= 15 is 0 Å². The average Bonchev–Trinajstić information content (AvgIpc) is 3.39. The lowest BCUT2D eigenvalue weighted by atomic mass is 10.1. The van der Waals surface area contributed by atoms with E-state index in [1.165, 1.54) is 0 Å². The molecule has 0 fully saturated rings. The largest absolute Gasteiger partial charge is 0.487 e. The highest BCUT2D eigenvalue weighted by molar-refractivity contribution is 5.94. The number of hydrogen-bond acceptors (Lipinski definition) is 5. The third-order valence-corrected chi connectivity index (χ3v) is 5.49. The maximum absolute atomic E-state index is 12.8. The van der Waals surface area contributed by atoms with Crippen molar-refractivity contribution in [3.8, 4) is 22.8 Å². The van der Waals surface area contributed by atoms with E-state index in [1.807, 2.05) is 61.0 Å². The van der Waals surface area contributed by atoms with Gasteiger partial charge in [0.1, 0.15) is 11.9 Å². The van der Waals surface area contributed by atoms with Gasteiger partial charge in [-0.25, -0.2) is 14.6 Å². The molecule has 0 spiro atoms. The molecule has 1 atom stereocenters. The predicted molar refractivity (Wildman–Crippen MR) is 121 cm³/mol. The molecule has 1 N–H and O–H groups in total. The molecule has 7 heteroatoms. The van der Waals surface area contributed by atoms with Crippen molar-refractivity contribution in [1.29, 1.82) is 0 Å². The van der Waals surface area contributed by atoms with Crippen LogP contribution in [0.1, 0.15) is 27.3 Å². The molecule has 0 saturated heterocycles. The molecule has 1 unspecified atom stereocenters. The minimum absolute atomic E-state index is 0.139. The molecule has 160 valence electrons. The SMILES string of the molecule is Cc1cc(C)n(-c2cccc(C(=O)NCC3Cc4cccc(-c5ncccn5)c4O3)c2)n1. The van der Waals surface area contributed by atoms with Crippen molar-refractivity contribution in [2.75, 3.05) is 6.54 Å². The number of hydrogen-bond donors (Lipinski definition) is 1. The lowest BCUT2D eigenvalue weighted by molar-refractivity contribution is 0.0933. The van der Waals surface area contributed by atoms with Gasteiger partial charge in [0.25, 0.3) is 5.91 Å².